The highest BCUT2D eigenvalue weighted by atomic mass is 35.5. The monoisotopic (exact) mass is 291 g/mol. The molecular weight excluding hydrogens is 276 g/mol. The third-order valence-electron chi connectivity index (χ3n) is 2.82. The maximum atomic E-state index is 12.9. The Kier molecular flexibility index (Phi) is 5.65. The third kappa shape index (κ3) is 4.74. The minimum Gasteiger partial charge on any atom is -0.326 e. The number of hydrogen-bond acceptors (Lipinski definition) is 3. The molecule has 0 radical (unpaired) electrons. The van der Waals surface area contributed by atoms with E-state index in [2.05, 4.69) is 5.32 Å². The van der Waals surface area contributed by atoms with Crippen molar-refractivity contribution < 1.29 is 13.6 Å². The van der Waals surface area contributed by atoms with E-state index in [0.29, 0.717) is 6.54 Å². The molecule has 1 aromatic carbocycles. The van der Waals surface area contributed by atoms with Gasteiger partial charge in [0.25, 0.3) is 0 Å². The molecule has 0 spiro atoms. The number of likely N-dealkylation sites (tertiary alicyclic amines) is 1. The molecule has 1 aromatic rings. The molecule has 2 rings (SSSR count). The SMILES string of the molecule is Cl.N[C@H]1CCN(CC(=O)Nc2cc(F)cc(F)c2)C1. The van der Waals surface area contributed by atoms with Crippen molar-refractivity contribution in [2.45, 2.75) is 12.5 Å². The summed E-state index contributed by atoms with van der Waals surface area (Å²) in [7, 11) is 0. The smallest absolute Gasteiger partial charge is 0.238 e. The van der Waals surface area contributed by atoms with Crippen LogP contribution in [0.5, 0.6) is 0 Å². The first kappa shape index (κ1) is 15.8. The Hall–Kier alpha value is -1.24. The minimum absolute atomic E-state index is 0. The third-order valence-corrected chi connectivity index (χ3v) is 2.82. The lowest BCUT2D eigenvalue weighted by molar-refractivity contribution is -0.117. The Bertz CT molecular complexity index is 438. The van der Waals surface area contributed by atoms with Gasteiger partial charge in [0, 0.05) is 30.9 Å². The number of carbonyl (C=O) groups excluding carboxylic acids is 1. The summed E-state index contributed by atoms with van der Waals surface area (Å²) in [6.07, 6.45) is 0.863. The van der Waals surface area contributed by atoms with Gasteiger partial charge in [-0.2, -0.15) is 0 Å². The van der Waals surface area contributed by atoms with Crippen LogP contribution in [0.15, 0.2) is 18.2 Å². The molecule has 4 nitrogen and oxygen atoms in total. The van der Waals surface area contributed by atoms with E-state index in [1.165, 1.54) is 0 Å². The zero-order valence-electron chi connectivity index (χ0n) is 10.2. The van der Waals surface area contributed by atoms with E-state index in [-0.39, 0.29) is 36.6 Å². The summed E-state index contributed by atoms with van der Waals surface area (Å²) >= 11 is 0. The molecule has 0 aliphatic carbocycles. The van der Waals surface area contributed by atoms with Crippen molar-refractivity contribution in [3.05, 3.63) is 29.8 Å². The lowest BCUT2D eigenvalue weighted by Gasteiger charge is -2.14. The number of nitrogens with zero attached hydrogens (tertiary/aromatic N) is 1. The number of benzene rings is 1. The number of halogens is 3. The number of amides is 1. The van der Waals surface area contributed by atoms with E-state index in [0.717, 1.165) is 31.2 Å². The van der Waals surface area contributed by atoms with Crippen LogP contribution in [0.1, 0.15) is 6.42 Å². The van der Waals surface area contributed by atoms with E-state index < -0.39 is 11.6 Å². The van der Waals surface area contributed by atoms with Crippen LogP contribution in [-0.4, -0.2) is 36.5 Å². The summed E-state index contributed by atoms with van der Waals surface area (Å²) in [5.74, 6) is -1.73. The predicted octanol–water partition coefficient (Wildman–Crippen LogP) is 1.36. The van der Waals surface area contributed by atoms with Crippen molar-refractivity contribution in [3.63, 3.8) is 0 Å². The van der Waals surface area contributed by atoms with E-state index in [9.17, 15) is 13.6 Å². The van der Waals surface area contributed by atoms with E-state index >= 15 is 0 Å². The molecule has 1 heterocycles. The number of anilines is 1. The number of carbonyl (C=O) groups is 1. The Morgan fingerprint density at radius 3 is 2.53 bits per heavy atom. The summed E-state index contributed by atoms with van der Waals surface area (Å²) in [5.41, 5.74) is 5.85. The molecule has 1 amide bonds. The van der Waals surface area contributed by atoms with Gasteiger partial charge < -0.3 is 11.1 Å². The molecule has 1 fully saturated rings. The quantitative estimate of drug-likeness (QED) is 0.884. The van der Waals surface area contributed by atoms with Gasteiger partial charge >= 0.3 is 0 Å². The molecule has 1 aliphatic heterocycles. The van der Waals surface area contributed by atoms with Crippen LogP contribution in [0.25, 0.3) is 0 Å². The zero-order valence-corrected chi connectivity index (χ0v) is 11.1. The van der Waals surface area contributed by atoms with Crippen LogP contribution >= 0.6 is 12.4 Å². The first-order chi connectivity index (χ1) is 8.52. The topological polar surface area (TPSA) is 58.4 Å². The lowest BCUT2D eigenvalue weighted by atomic mass is 10.3. The molecule has 7 heteroatoms. The van der Waals surface area contributed by atoms with E-state index in [4.69, 9.17) is 5.73 Å². The Labute approximate surface area is 116 Å². The number of hydrogen-bond donors (Lipinski definition) is 2. The highest BCUT2D eigenvalue weighted by Gasteiger charge is 2.21. The number of nitrogens with one attached hydrogen (secondary N) is 1. The molecule has 0 aromatic heterocycles. The van der Waals surface area contributed by atoms with Gasteiger partial charge in [-0.05, 0) is 18.6 Å². The fraction of sp³-hybridized carbons (Fsp3) is 0.417. The summed E-state index contributed by atoms with van der Waals surface area (Å²) in [4.78, 5) is 13.6. The molecule has 1 aliphatic rings. The highest BCUT2D eigenvalue weighted by Crippen LogP contribution is 2.13. The maximum Gasteiger partial charge on any atom is 0.238 e. The molecule has 0 bridgehead atoms. The minimum atomic E-state index is -0.714. The molecule has 3 N–H and O–H groups in total. The molecule has 106 valence electrons. The summed E-state index contributed by atoms with van der Waals surface area (Å²) < 4.78 is 25.8. The average molecular weight is 292 g/mol. The second-order valence-electron chi connectivity index (χ2n) is 4.49. The summed E-state index contributed by atoms with van der Waals surface area (Å²) in [5, 5.41) is 2.46. The van der Waals surface area contributed by atoms with Gasteiger partial charge in [0.15, 0.2) is 0 Å². The molecule has 19 heavy (non-hydrogen) atoms. The van der Waals surface area contributed by atoms with Gasteiger partial charge in [0.05, 0.1) is 6.54 Å². The van der Waals surface area contributed by atoms with Crippen molar-refractivity contribution in [1.29, 1.82) is 0 Å². The normalized spacial score (nSPS) is 19.0. The van der Waals surface area contributed by atoms with Crippen LogP contribution in [0, 0.1) is 11.6 Å². The van der Waals surface area contributed by atoms with Crippen molar-refractivity contribution in [2.24, 2.45) is 5.73 Å². The van der Waals surface area contributed by atoms with Gasteiger partial charge in [-0.1, -0.05) is 0 Å². The van der Waals surface area contributed by atoms with Crippen LogP contribution in [-0.2, 0) is 4.79 Å². The fourth-order valence-corrected chi connectivity index (χ4v) is 2.04. The van der Waals surface area contributed by atoms with Crippen molar-refractivity contribution >= 4 is 24.0 Å². The second-order valence-corrected chi connectivity index (χ2v) is 4.49. The van der Waals surface area contributed by atoms with Gasteiger partial charge in [-0.15, -0.1) is 12.4 Å². The largest absolute Gasteiger partial charge is 0.326 e. The standard InChI is InChI=1S/C12H15F2N3O.ClH/c13-8-3-9(14)5-11(4-8)16-12(18)7-17-2-1-10(15)6-17;/h3-5,10H,1-2,6-7,15H2,(H,16,18);1H/t10-;/m0./s1. The van der Waals surface area contributed by atoms with Gasteiger partial charge in [0.1, 0.15) is 11.6 Å². The average Bonchev–Trinajstić information content (AvgIpc) is 2.61. The Morgan fingerprint density at radius 2 is 2.00 bits per heavy atom. The first-order valence-electron chi connectivity index (χ1n) is 5.77. The van der Waals surface area contributed by atoms with Crippen LogP contribution < -0.4 is 11.1 Å². The molecule has 0 unspecified atom stereocenters. The maximum absolute atomic E-state index is 12.9. The van der Waals surface area contributed by atoms with Crippen LogP contribution in [0.4, 0.5) is 14.5 Å². The van der Waals surface area contributed by atoms with Gasteiger partial charge in [-0.25, -0.2) is 8.78 Å². The fourth-order valence-electron chi connectivity index (χ4n) is 2.04. The van der Waals surface area contributed by atoms with Crippen LogP contribution in [0.2, 0.25) is 0 Å². The van der Waals surface area contributed by atoms with E-state index in [1.807, 2.05) is 4.90 Å². The number of rotatable bonds is 3. The van der Waals surface area contributed by atoms with Crippen LogP contribution in [0.3, 0.4) is 0 Å². The van der Waals surface area contributed by atoms with Gasteiger partial charge in [0.2, 0.25) is 5.91 Å². The van der Waals surface area contributed by atoms with Crippen molar-refractivity contribution in [1.82, 2.24) is 4.90 Å². The highest BCUT2D eigenvalue weighted by molar-refractivity contribution is 5.92. The summed E-state index contributed by atoms with van der Waals surface area (Å²) in [6.45, 7) is 1.63. The molecule has 1 atom stereocenters. The Balaban J connectivity index is 0.00000180. The first-order valence-corrected chi connectivity index (χ1v) is 5.77. The Morgan fingerprint density at radius 1 is 1.37 bits per heavy atom. The molecular formula is C12H16ClF2N3O. The van der Waals surface area contributed by atoms with Crippen molar-refractivity contribution in [2.75, 3.05) is 25.0 Å². The van der Waals surface area contributed by atoms with Crippen molar-refractivity contribution in [3.8, 4) is 0 Å². The molecule has 1 saturated heterocycles. The zero-order chi connectivity index (χ0) is 13.1. The number of nitrogens with two attached hydrogens (primary N) is 1. The summed E-state index contributed by atoms with van der Waals surface area (Å²) in [6, 6.07) is 3.02. The molecule has 0 saturated carbocycles. The predicted molar refractivity (Wildman–Crippen MR) is 71.3 cm³/mol. The van der Waals surface area contributed by atoms with E-state index in [1.54, 1.807) is 0 Å². The second kappa shape index (κ2) is 6.79. The van der Waals surface area contributed by atoms with Gasteiger partial charge in [-0.3, -0.25) is 9.69 Å². The lowest BCUT2D eigenvalue weighted by Crippen LogP contribution is -2.33.